The van der Waals surface area contributed by atoms with E-state index in [1.165, 1.54) is 0 Å². The average Bonchev–Trinajstić information content (AvgIpc) is 2.31. The largest absolute Gasteiger partial charge is 0.479 e. The molecule has 0 saturated carbocycles. The minimum atomic E-state index is -0.911. The molecule has 0 aliphatic rings. The summed E-state index contributed by atoms with van der Waals surface area (Å²) in [4.78, 5) is 10.9. The monoisotopic (exact) mass is 237 g/mol. The van der Waals surface area contributed by atoms with Gasteiger partial charge in [-0.15, -0.1) is 0 Å². The highest BCUT2D eigenvalue weighted by Gasteiger charge is 2.17. The van der Waals surface area contributed by atoms with Crippen molar-refractivity contribution in [1.82, 2.24) is 5.32 Å². The number of rotatable bonds is 7. The second-order valence-corrected chi connectivity index (χ2v) is 3.91. The minimum Gasteiger partial charge on any atom is -0.479 e. The van der Waals surface area contributed by atoms with Crippen LogP contribution in [0.15, 0.2) is 24.3 Å². The van der Waals surface area contributed by atoms with E-state index in [1.807, 2.05) is 26.1 Å². The zero-order valence-electron chi connectivity index (χ0n) is 10.3. The summed E-state index contributed by atoms with van der Waals surface area (Å²) in [7, 11) is 1.88. The van der Waals surface area contributed by atoms with Gasteiger partial charge in [-0.3, -0.25) is 0 Å². The van der Waals surface area contributed by atoms with Crippen molar-refractivity contribution in [2.45, 2.75) is 32.4 Å². The van der Waals surface area contributed by atoms with E-state index >= 15 is 0 Å². The van der Waals surface area contributed by atoms with E-state index in [1.54, 1.807) is 12.1 Å². The van der Waals surface area contributed by atoms with Crippen LogP contribution in [-0.4, -0.2) is 24.2 Å². The van der Waals surface area contributed by atoms with Crippen molar-refractivity contribution in [3.05, 3.63) is 29.8 Å². The molecule has 94 valence electrons. The molecule has 1 atom stereocenters. The number of hydrogen-bond donors (Lipinski definition) is 2. The van der Waals surface area contributed by atoms with Crippen molar-refractivity contribution in [2.24, 2.45) is 0 Å². The molecule has 0 bridgehead atoms. The number of carboxylic acid groups (broad SMARTS) is 1. The average molecular weight is 237 g/mol. The van der Waals surface area contributed by atoms with Crippen molar-refractivity contribution in [3.63, 3.8) is 0 Å². The fraction of sp³-hybridized carbons (Fsp3) is 0.462. The molecule has 1 aromatic rings. The van der Waals surface area contributed by atoms with Gasteiger partial charge in [0.15, 0.2) is 6.10 Å². The molecule has 0 saturated heterocycles. The lowest BCUT2D eigenvalue weighted by Gasteiger charge is -2.14. The molecule has 1 unspecified atom stereocenters. The molecule has 0 aromatic heterocycles. The van der Waals surface area contributed by atoms with Crippen molar-refractivity contribution >= 4 is 5.97 Å². The van der Waals surface area contributed by atoms with Gasteiger partial charge in [0.2, 0.25) is 0 Å². The molecule has 0 amide bonds. The van der Waals surface area contributed by atoms with E-state index in [4.69, 9.17) is 9.84 Å². The normalized spacial score (nSPS) is 12.1. The van der Waals surface area contributed by atoms with Gasteiger partial charge >= 0.3 is 5.97 Å². The van der Waals surface area contributed by atoms with Gasteiger partial charge in [0.05, 0.1) is 0 Å². The molecule has 4 heteroatoms. The maximum Gasteiger partial charge on any atom is 0.344 e. The van der Waals surface area contributed by atoms with Crippen molar-refractivity contribution in [1.29, 1.82) is 0 Å². The number of carboxylic acids is 1. The van der Waals surface area contributed by atoms with Crippen LogP contribution in [0, 0.1) is 0 Å². The molecular formula is C13H19NO3. The molecule has 0 heterocycles. The topological polar surface area (TPSA) is 58.6 Å². The van der Waals surface area contributed by atoms with E-state index in [0.717, 1.165) is 18.5 Å². The van der Waals surface area contributed by atoms with Crippen LogP contribution >= 0.6 is 0 Å². The summed E-state index contributed by atoms with van der Waals surface area (Å²) in [5.41, 5.74) is 1.14. The lowest BCUT2D eigenvalue weighted by atomic mass is 10.2. The molecular weight excluding hydrogens is 218 g/mol. The van der Waals surface area contributed by atoms with Gasteiger partial charge in [0.1, 0.15) is 5.75 Å². The van der Waals surface area contributed by atoms with Crippen LogP contribution in [-0.2, 0) is 11.3 Å². The van der Waals surface area contributed by atoms with E-state index in [9.17, 15) is 4.79 Å². The number of carbonyl (C=O) groups is 1. The Kier molecular flexibility index (Phi) is 5.49. The Hall–Kier alpha value is -1.55. The Balaban J connectivity index is 2.63. The van der Waals surface area contributed by atoms with Gasteiger partial charge in [0, 0.05) is 6.54 Å². The maximum absolute atomic E-state index is 10.9. The smallest absolute Gasteiger partial charge is 0.344 e. The first kappa shape index (κ1) is 13.5. The van der Waals surface area contributed by atoms with Crippen LogP contribution in [0.3, 0.4) is 0 Å². The SMILES string of the molecule is CCCC(Oc1ccc(CNC)cc1)C(=O)O. The van der Waals surface area contributed by atoms with Crippen LogP contribution in [0.5, 0.6) is 5.75 Å². The second kappa shape index (κ2) is 6.91. The van der Waals surface area contributed by atoms with Crippen LogP contribution in [0.4, 0.5) is 0 Å². The Morgan fingerprint density at radius 3 is 2.53 bits per heavy atom. The van der Waals surface area contributed by atoms with Gasteiger partial charge in [0.25, 0.3) is 0 Å². The molecule has 0 aliphatic carbocycles. The third-order valence-electron chi connectivity index (χ3n) is 2.41. The first-order valence-electron chi connectivity index (χ1n) is 5.80. The number of nitrogens with one attached hydrogen (secondary N) is 1. The lowest BCUT2D eigenvalue weighted by Crippen LogP contribution is -2.26. The minimum absolute atomic E-state index is 0.521. The molecule has 1 rings (SSSR count). The van der Waals surface area contributed by atoms with Crippen molar-refractivity contribution in [2.75, 3.05) is 7.05 Å². The first-order chi connectivity index (χ1) is 8.17. The van der Waals surface area contributed by atoms with Crippen LogP contribution in [0.25, 0.3) is 0 Å². The number of hydrogen-bond acceptors (Lipinski definition) is 3. The van der Waals surface area contributed by atoms with Crippen molar-refractivity contribution in [3.8, 4) is 5.75 Å². The summed E-state index contributed by atoms with van der Waals surface area (Å²) in [6, 6.07) is 7.46. The number of ether oxygens (including phenoxy) is 1. The Bertz CT molecular complexity index is 348. The quantitative estimate of drug-likeness (QED) is 0.762. The Morgan fingerprint density at radius 1 is 1.41 bits per heavy atom. The molecule has 2 N–H and O–H groups in total. The maximum atomic E-state index is 10.9. The van der Waals surface area contributed by atoms with Crippen LogP contribution < -0.4 is 10.1 Å². The first-order valence-corrected chi connectivity index (χ1v) is 5.80. The molecule has 17 heavy (non-hydrogen) atoms. The highest BCUT2D eigenvalue weighted by atomic mass is 16.5. The zero-order valence-corrected chi connectivity index (χ0v) is 10.3. The van der Waals surface area contributed by atoms with Crippen molar-refractivity contribution < 1.29 is 14.6 Å². The van der Waals surface area contributed by atoms with Gasteiger partial charge in [-0.05, 0) is 31.2 Å². The summed E-state index contributed by atoms with van der Waals surface area (Å²) >= 11 is 0. The third-order valence-corrected chi connectivity index (χ3v) is 2.41. The van der Waals surface area contributed by atoms with E-state index < -0.39 is 12.1 Å². The molecule has 0 spiro atoms. The Morgan fingerprint density at radius 2 is 2.06 bits per heavy atom. The molecule has 1 aromatic carbocycles. The van der Waals surface area contributed by atoms with Gasteiger partial charge < -0.3 is 15.2 Å². The fourth-order valence-corrected chi connectivity index (χ4v) is 1.55. The van der Waals surface area contributed by atoms with Crippen LogP contribution in [0.1, 0.15) is 25.3 Å². The standard InChI is InChI=1S/C13H19NO3/c1-3-4-12(13(15)16)17-11-7-5-10(6-8-11)9-14-2/h5-8,12,14H,3-4,9H2,1-2H3,(H,15,16). The molecule has 0 aliphatic heterocycles. The highest BCUT2D eigenvalue weighted by molar-refractivity contribution is 5.72. The fourth-order valence-electron chi connectivity index (χ4n) is 1.55. The predicted octanol–water partition coefficient (Wildman–Crippen LogP) is 2.04. The summed E-state index contributed by atoms with van der Waals surface area (Å²) in [5, 5.41) is 12.0. The van der Waals surface area contributed by atoms with E-state index in [0.29, 0.717) is 12.2 Å². The van der Waals surface area contributed by atoms with Gasteiger partial charge in [-0.25, -0.2) is 4.79 Å². The summed E-state index contributed by atoms with van der Waals surface area (Å²) < 4.78 is 5.43. The Labute approximate surface area is 102 Å². The molecule has 0 radical (unpaired) electrons. The summed E-state index contributed by atoms with van der Waals surface area (Å²) in [5.74, 6) is -0.308. The third kappa shape index (κ3) is 4.44. The van der Waals surface area contributed by atoms with E-state index in [2.05, 4.69) is 5.32 Å². The highest BCUT2D eigenvalue weighted by Crippen LogP contribution is 2.15. The number of aliphatic carboxylic acids is 1. The predicted molar refractivity (Wildman–Crippen MR) is 66.2 cm³/mol. The summed E-state index contributed by atoms with van der Waals surface area (Å²) in [6.45, 7) is 2.73. The van der Waals surface area contributed by atoms with E-state index in [-0.39, 0.29) is 0 Å². The van der Waals surface area contributed by atoms with Gasteiger partial charge in [-0.2, -0.15) is 0 Å². The lowest BCUT2D eigenvalue weighted by molar-refractivity contribution is -0.145. The summed E-state index contributed by atoms with van der Waals surface area (Å²) in [6.07, 6.45) is 0.553. The van der Waals surface area contributed by atoms with Gasteiger partial charge in [-0.1, -0.05) is 25.5 Å². The second-order valence-electron chi connectivity index (χ2n) is 3.91. The molecule has 0 fully saturated rings. The zero-order chi connectivity index (χ0) is 12.7. The van der Waals surface area contributed by atoms with Crippen LogP contribution in [0.2, 0.25) is 0 Å². The molecule has 4 nitrogen and oxygen atoms in total. The number of benzene rings is 1.